The molecule has 2 aromatic rings. The number of aliphatic imine (C=N–C) groups is 1. The second-order valence-corrected chi connectivity index (χ2v) is 7.46. The van der Waals surface area contributed by atoms with Crippen molar-refractivity contribution < 1.29 is 9.47 Å². The molecule has 0 amide bonds. The van der Waals surface area contributed by atoms with E-state index in [0.29, 0.717) is 19.7 Å². The molecule has 2 heterocycles. The predicted molar refractivity (Wildman–Crippen MR) is 141 cm³/mol. The molecule has 0 spiro atoms. The average Bonchev–Trinajstić information content (AvgIpc) is 2.81. The zero-order valence-corrected chi connectivity index (χ0v) is 21.5. The lowest BCUT2D eigenvalue weighted by molar-refractivity contribution is 0.312. The number of nitrogens with zero attached hydrogens (tertiary/aromatic N) is 4. The number of anilines is 1. The van der Waals surface area contributed by atoms with Crippen molar-refractivity contribution in [3.63, 3.8) is 0 Å². The summed E-state index contributed by atoms with van der Waals surface area (Å²) < 4.78 is 10.9. The molecule has 0 bridgehead atoms. The monoisotopic (exact) mass is 554 g/mol. The average molecular weight is 554 g/mol. The van der Waals surface area contributed by atoms with Crippen LogP contribution in [-0.2, 0) is 6.54 Å². The molecule has 0 unspecified atom stereocenters. The summed E-state index contributed by atoms with van der Waals surface area (Å²) in [5.41, 5.74) is 1.15. The standard InChI is InChI=1S/C23H34N6O2.HI/c1-4-24-23(26-11-16-31-21-7-5-20(30-3)6-8-21)27-18-19-9-10-25-22(17-19)29-14-12-28(2)13-15-29;/h5-10,17H,4,11-16,18H2,1-3H3,(H2,24,26,27);1H. The van der Waals surface area contributed by atoms with Crippen molar-refractivity contribution in [2.45, 2.75) is 13.5 Å². The molecule has 0 atom stereocenters. The topological polar surface area (TPSA) is 74.3 Å². The minimum absolute atomic E-state index is 0. The Hall–Kier alpha value is -2.27. The van der Waals surface area contributed by atoms with Crippen LogP contribution in [0.5, 0.6) is 11.5 Å². The second-order valence-electron chi connectivity index (χ2n) is 7.46. The Morgan fingerprint density at radius 3 is 2.47 bits per heavy atom. The van der Waals surface area contributed by atoms with Gasteiger partial charge in [0.15, 0.2) is 5.96 Å². The number of nitrogens with one attached hydrogen (secondary N) is 2. The summed E-state index contributed by atoms with van der Waals surface area (Å²) >= 11 is 0. The molecule has 0 radical (unpaired) electrons. The van der Waals surface area contributed by atoms with Gasteiger partial charge in [0.2, 0.25) is 0 Å². The van der Waals surface area contributed by atoms with Crippen LogP contribution in [0.2, 0.25) is 0 Å². The molecule has 2 N–H and O–H groups in total. The number of hydrogen-bond acceptors (Lipinski definition) is 6. The molecular weight excluding hydrogens is 519 g/mol. The van der Waals surface area contributed by atoms with E-state index in [4.69, 9.17) is 14.5 Å². The summed E-state index contributed by atoms with van der Waals surface area (Å²) in [5.74, 6) is 3.45. The first kappa shape index (κ1) is 26.0. The van der Waals surface area contributed by atoms with Gasteiger partial charge in [-0.05, 0) is 55.9 Å². The van der Waals surface area contributed by atoms with Gasteiger partial charge in [0, 0.05) is 38.9 Å². The highest BCUT2D eigenvalue weighted by Crippen LogP contribution is 2.17. The van der Waals surface area contributed by atoms with E-state index in [2.05, 4.69) is 45.5 Å². The minimum Gasteiger partial charge on any atom is -0.497 e. The van der Waals surface area contributed by atoms with E-state index in [1.165, 1.54) is 0 Å². The summed E-state index contributed by atoms with van der Waals surface area (Å²) in [6, 6.07) is 11.8. The maximum absolute atomic E-state index is 5.77. The summed E-state index contributed by atoms with van der Waals surface area (Å²) in [5, 5.41) is 6.61. The molecule has 1 aliphatic heterocycles. The highest BCUT2D eigenvalue weighted by Gasteiger charge is 2.15. The van der Waals surface area contributed by atoms with Crippen LogP contribution in [0, 0.1) is 0 Å². The van der Waals surface area contributed by atoms with Gasteiger partial charge in [0.25, 0.3) is 0 Å². The lowest BCUT2D eigenvalue weighted by atomic mass is 10.2. The number of aromatic nitrogens is 1. The molecule has 1 saturated heterocycles. The molecule has 1 fully saturated rings. The van der Waals surface area contributed by atoms with E-state index in [1.807, 2.05) is 36.5 Å². The molecule has 9 heteroatoms. The van der Waals surface area contributed by atoms with Crippen molar-refractivity contribution in [2.75, 3.05) is 64.9 Å². The van der Waals surface area contributed by atoms with Crippen LogP contribution in [0.3, 0.4) is 0 Å². The SMILES string of the molecule is CCNC(=NCc1ccnc(N2CCN(C)CC2)c1)NCCOc1ccc(OC)cc1.I. The fourth-order valence-electron chi connectivity index (χ4n) is 3.29. The van der Waals surface area contributed by atoms with Crippen molar-refractivity contribution in [3.8, 4) is 11.5 Å². The van der Waals surface area contributed by atoms with Gasteiger partial charge in [-0.15, -0.1) is 24.0 Å². The largest absolute Gasteiger partial charge is 0.497 e. The van der Waals surface area contributed by atoms with Gasteiger partial charge >= 0.3 is 0 Å². The molecule has 1 aliphatic rings. The number of piperazine rings is 1. The number of methoxy groups -OCH3 is 1. The minimum atomic E-state index is 0. The highest BCUT2D eigenvalue weighted by atomic mass is 127. The number of benzene rings is 1. The van der Waals surface area contributed by atoms with Gasteiger partial charge < -0.3 is 29.9 Å². The lowest BCUT2D eigenvalue weighted by Crippen LogP contribution is -2.44. The Balaban J connectivity index is 0.00000363. The molecule has 3 rings (SSSR count). The molecule has 0 aliphatic carbocycles. The van der Waals surface area contributed by atoms with Gasteiger partial charge in [-0.25, -0.2) is 9.98 Å². The molecular formula is C23H35IN6O2. The molecule has 32 heavy (non-hydrogen) atoms. The van der Waals surface area contributed by atoms with Crippen molar-refractivity contribution in [2.24, 2.45) is 4.99 Å². The zero-order chi connectivity index (χ0) is 21.9. The third-order valence-corrected chi connectivity index (χ3v) is 5.12. The number of rotatable bonds is 9. The van der Waals surface area contributed by atoms with E-state index in [1.54, 1.807) is 7.11 Å². The molecule has 1 aromatic carbocycles. The van der Waals surface area contributed by atoms with Crippen LogP contribution in [0.15, 0.2) is 47.6 Å². The van der Waals surface area contributed by atoms with E-state index >= 15 is 0 Å². The van der Waals surface area contributed by atoms with Crippen LogP contribution < -0.4 is 25.0 Å². The number of hydrogen-bond donors (Lipinski definition) is 2. The first-order valence-electron chi connectivity index (χ1n) is 10.9. The third-order valence-electron chi connectivity index (χ3n) is 5.12. The van der Waals surface area contributed by atoms with Crippen LogP contribution >= 0.6 is 24.0 Å². The third kappa shape index (κ3) is 8.34. The maximum atomic E-state index is 5.77. The van der Waals surface area contributed by atoms with E-state index in [0.717, 1.165) is 61.6 Å². The van der Waals surface area contributed by atoms with E-state index in [9.17, 15) is 0 Å². The number of ether oxygens (including phenoxy) is 2. The molecule has 0 saturated carbocycles. The first-order valence-corrected chi connectivity index (χ1v) is 10.9. The number of guanidine groups is 1. The van der Waals surface area contributed by atoms with E-state index in [-0.39, 0.29) is 24.0 Å². The first-order chi connectivity index (χ1) is 15.2. The fraction of sp³-hybridized carbons (Fsp3) is 0.478. The van der Waals surface area contributed by atoms with E-state index < -0.39 is 0 Å². The molecule has 1 aromatic heterocycles. The summed E-state index contributed by atoms with van der Waals surface area (Å²) in [6.07, 6.45) is 1.88. The van der Waals surface area contributed by atoms with Gasteiger partial charge in [-0.3, -0.25) is 0 Å². The van der Waals surface area contributed by atoms with Crippen LogP contribution in [0.4, 0.5) is 5.82 Å². The van der Waals surface area contributed by atoms with Crippen molar-refractivity contribution in [1.29, 1.82) is 0 Å². The second kappa shape index (κ2) is 14.0. The number of halogens is 1. The van der Waals surface area contributed by atoms with Gasteiger partial charge in [-0.2, -0.15) is 0 Å². The number of pyridine rings is 1. The Labute approximate surface area is 208 Å². The maximum Gasteiger partial charge on any atom is 0.191 e. The molecule has 176 valence electrons. The Morgan fingerprint density at radius 2 is 1.78 bits per heavy atom. The Bertz CT molecular complexity index is 825. The van der Waals surface area contributed by atoms with Crippen molar-refractivity contribution in [3.05, 3.63) is 48.2 Å². The normalized spacial score (nSPS) is 14.5. The Kier molecular flexibility index (Phi) is 11.4. The Morgan fingerprint density at radius 1 is 1.06 bits per heavy atom. The van der Waals surface area contributed by atoms with Gasteiger partial charge in [0.1, 0.15) is 23.9 Å². The summed E-state index contributed by atoms with van der Waals surface area (Å²) in [4.78, 5) is 14.0. The predicted octanol–water partition coefficient (Wildman–Crippen LogP) is 2.59. The van der Waals surface area contributed by atoms with Crippen molar-refractivity contribution in [1.82, 2.24) is 20.5 Å². The number of likely N-dealkylation sites (N-methyl/N-ethyl adjacent to an activating group) is 1. The molecule has 8 nitrogen and oxygen atoms in total. The van der Waals surface area contributed by atoms with Gasteiger partial charge in [-0.1, -0.05) is 0 Å². The smallest absolute Gasteiger partial charge is 0.191 e. The van der Waals surface area contributed by atoms with Gasteiger partial charge in [0.05, 0.1) is 20.2 Å². The quantitative estimate of drug-likeness (QED) is 0.214. The summed E-state index contributed by atoms with van der Waals surface area (Å²) in [6.45, 7) is 8.80. The lowest BCUT2D eigenvalue weighted by Gasteiger charge is -2.33. The zero-order valence-electron chi connectivity index (χ0n) is 19.2. The van der Waals surface area contributed by atoms with Crippen LogP contribution in [-0.4, -0.2) is 75.9 Å². The van der Waals surface area contributed by atoms with Crippen LogP contribution in [0.25, 0.3) is 0 Å². The summed E-state index contributed by atoms with van der Waals surface area (Å²) in [7, 11) is 3.81. The fourth-order valence-corrected chi connectivity index (χ4v) is 3.29. The van der Waals surface area contributed by atoms with Crippen LogP contribution in [0.1, 0.15) is 12.5 Å². The van der Waals surface area contributed by atoms with Crippen molar-refractivity contribution >= 4 is 35.8 Å². The highest BCUT2D eigenvalue weighted by molar-refractivity contribution is 14.0.